The zero-order valence-corrected chi connectivity index (χ0v) is 10.7. The number of thiophene rings is 1. The zero-order valence-electron chi connectivity index (χ0n) is 7.73. The van der Waals surface area contributed by atoms with Crippen molar-refractivity contribution in [3.05, 3.63) is 28.6 Å². The summed E-state index contributed by atoms with van der Waals surface area (Å²) in [5, 5.41) is 2.10. The van der Waals surface area contributed by atoms with Crippen LogP contribution in [0.5, 0.6) is 0 Å². The zero-order chi connectivity index (χ0) is 9.80. The lowest BCUT2D eigenvalue weighted by Crippen LogP contribution is -2.36. The Balaban J connectivity index is 1.90. The molecule has 0 amide bonds. The van der Waals surface area contributed by atoms with Crippen LogP contribution in [0.15, 0.2) is 23.7 Å². The highest BCUT2D eigenvalue weighted by Gasteiger charge is 2.14. The van der Waals surface area contributed by atoms with Crippen LogP contribution in [0.2, 0.25) is 0 Å². The third-order valence-electron chi connectivity index (χ3n) is 2.05. The smallest absolute Gasteiger partial charge is 0.126 e. The fraction of sp³-hybridized carbons (Fsp3) is 0.400. The fourth-order valence-corrected chi connectivity index (χ4v) is 2.70. The number of rotatable bonds is 2. The molecule has 1 aliphatic rings. The Morgan fingerprint density at radius 2 is 2.57 bits per heavy atom. The Morgan fingerprint density at radius 1 is 1.64 bits per heavy atom. The van der Waals surface area contributed by atoms with Gasteiger partial charge in [0.05, 0.1) is 13.2 Å². The average molecular weight is 321 g/mol. The summed E-state index contributed by atoms with van der Waals surface area (Å²) in [5.74, 6) is 0. The second kappa shape index (κ2) is 5.14. The van der Waals surface area contributed by atoms with E-state index in [9.17, 15) is 0 Å². The Labute approximate surface area is 102 Å². The summed E-state index contributed by atoms with van der Waals surface area (Å²) in [6.07, 6.45) is 4.33. The van der Waals surface area contributed by atoms with Crippen molar-refractivity contribution >= 4 is 40.0 Å². The van der Waals surface area contributed by atoms with Crippen LogP contribution in [0, 0.1) is 0 Å². The summed E-state index contributed by atoms with van der Waals surface area (Å²) in [5.41, 5.74) is 0. The van der Waals surface area contributed by atoms with Gasteiger partial charge in [-0.25, -0.2) is 0 Å². The van der Waals surface area contributed by atoms with E-state index < -0.39 is 0 Å². The highest BCUT2D eigenvalue weighted by molar-refractivity contribution is 14.1. The van der Waals surface area contributed by atoms with Crippen LogP contribution in [0.25, 0.3) is 6.08 Å². The molecule has 0 saturated carbocycles. The first-order valence-electron chi connectivity index (χ1n) is 4.56. The van der Waals surface area contributed by atoms with Gasteiger partial charge in [-0.1, -0.05) is 6.07 Å². The molecule has 0 radical (unpaired) electrons. The van der Waals surface area contributed by atoms with Gasteiger partial charge in [-0.05, 0) is 40.1 Å². The fourth-order valence-electron chi connectivity index (χ4n) is 1.33. The molecule has 1 aromatic heterocycles. The van der Waals surface area contributed by atoms with E-state index in [1.54, 1.807) is 11.3 Å². The number of morpholine rings is 1. The second-order valence-corrected chi connectivity index (χ2v) is 5.48. The monoisotopic (exact) mass is 321 g/mol. The maximum Gasteiger partial charge on any atom is 0.126 e. The van der Waals surface area contributed by atoms with E-state index >= 15 is 0 Å². The largest absolute Gasteiger partial charge is 0.372 e. The van der Waals surface area contributed by atoms with Crippen LogP contribution in [-0.2, 0) is 4.74 Å². The molecule has 0 spiro atoms. The Bertz CT molecular complexity index is 299. The number of hydrogen-bond donors (Lipinski definition) is 0. The van der Waals surface area contributed by atoms with Gasteiger partial charge in [-0.15, -0.1) is 11.3 Å². The second-order valence-electron chi connectivity index (χ2n) is 3.11. The van der Waals surface area contributed by atoms with Crippen molar-refractivity contribution in [1.82, 2.24) is 4.90 Å². The lowest BCUT2D eigenvalue weighted by atomic mass is 10.4. The molecule has 1 saturated heterocycles. The Hall–Kier alpha value is -0.0700. The number of alkyl halides is 1. The quantitative estimate of drug-likeness (QED) is 0.613. The lowest BCUT2D eigenvalue weighted by Gasteiger charge is -2.28. The summed E-state index contributed by atoms with van der Waals surface area (Å²) >= 11 is 4.10. The Morgan fingerprint density at radius 3 is 3.29 bits per heavy atom. The van der Waals surface area contributed by atoms with Crippen molar-refractivity contribution in [2.45, 2.75) is 4.11 Å². The van der Waals surface area contributed by atoms with Gasteiger partial charge in [0.2, 0.25) is 0 Å². The van der Waals surface area contributed by atoms with E-state index in [-0.39, 0.29) is 0 Å². The number of ether oxygens (including phenoxy) is 1. The minimum absolute atomic E-state index is 0.328. The molecule has 1 aliphatic heterocycles. The molecular formula is C10H12INOS. The minimum Gasteiger partial charge on any atom is -0.372 e. The molecule has 76 valence electrons. The third kappa shape index (κ3) is 2.96. The van der Waals surface area contributed by atoms with E-state index in [1.807, 2.05) is 0 Å². The molecule has 1 fully saturated rings. The molecule has 2 rings (SSSR count). The Kier molecular flexibility index (Phi) is 3.83. The average Bonchev–Trinajstić information content (AvgIpc) is 2.67. The summed E-state index contributed by atoms with van der Waals surface area (Å²) in [6.45, 7) is 2.83. The predicted molar refractivity (Wildman–Crippen MR) is 68.7 cm³/mol. The van der Waals surface area contributed by atoms with Crippen LogP contribution < -0.4 is 0 Å². The van der Waals surface area contributed by atoms with Gasteiger partial charge in [-0.2, -0.15) is 0 Å². The van der Waals surface area contributed by atoms with Crippen LogP contribution in [-0.4, -0.2) is 28.7 Å². The maximum atomic E-state index is 5.46. The van der Waals surface area contributed by atoms with Crippen molar-refractivity contribution in [1.29, 1.82) is 0 Å². The molecule has 14 heavy (non-hydrogen) atoms. The predicted octanol–water partition coefficient (Wildman–Crippen LogP) is 2.81. The van der Waals surface area contributed by atoms with Crippen LogP contribution in [0.3, 0.4) is 0 Å². The molecule has 2 heterocycles. The highest BCUT2D eigenvalue weighted by Crippen LogP contribution is 2.14. The van der Waals surface area contributed by atoms with Gasteiger partial charge in [0.25, 0.3) is 0 Å². The first kappa shape index (κ1) is 10.4. The molecule has 0 bridgehead atoms. The van der Waals surface area contributed by atoms with Crippen molar-refractivity contribution in [3.63, 3.8) is 0 Å². The van der Waals surface area contributed by atoms with Crippen LogP contribution in [0.4, 0.5) is 0 Å². The maximum absolute atomic E-state index is 5.46. The summed E-state index contributed by atoms with van der Waals surface area (Å²) < 4.78 is 5.79. The van der Waals surface area contributed by atoms with Gasteiger partial charge in [0.15, 0.2) is 0 Å². The van der Waals surface area contributed by atoms with E-state index in [0.29, 0.717) is 4.11 Å². The number of halogens is 1. The topological polar surface area (TPSA) is 12.5 Å². The SMILES string of the molecule is IC1CN(C=Cc2cccs2)CCO1. The molecule has 2 nitrogen and oxygen atoms in total. The molecular weight excluding hydrogens is 309 g/mol. The van der Waals surface area contributed by atoms with Gasteiger partial charge in [-0.3, -0.25) is 0 Å². The van der Waals surface area contributed by atoms with Crippen molar-refractivity contribution in [2.24, 2.45) is 0 Å². The van der Waals surface area contributed by atoms with Gasteiger partial charge in [0, 0.05) is 17.6 Å². The number of hydrogen-bond acceptors (Lipinski definition) is 3. The van der Waals surface area contributed by atoms with Crippen LogP contribution in [0.1, 0.15) is 4.88 Å². The first-order chi connectivity index (χ1) is 6.84. The third-order valence-corrected chi connectivity index (χ3v) is 3.64. The standard InChI is InChI=1S/C10H12INOS/c11-10-8-12(5-6-13-10)4-3-9-2-1-7-14-9/h1-4,7,10H,5-6,8H2. The van der Waals surface area contributed by atoms with Crippen molar-refractivity contribution in [2.75, 3.05) is 19.7 Å². The normalized spacial score (nSPS) is 23.2. The van der Waals surface area contributed by atoms with Crippen molar-refractivity contribution < 1.29 is 4.74 Å². The molecule has 1 aromatic rings. The molecule has 1 atom stereocenters. The summed E-state index contributed by atoms with van der Waals surface area (Å²) in [7, 11) is 0. The van der Waals surface area contributed by atoms with Crippen molar-refractivity contribution in [3.8, 4) is 0 Å². The molecule has 0 aromatic carbocycles. The first-order valence-corrected chi connectivity index (χ1v) is 6.68. The van der Waals surface area contributed by atoms with Crippen LogP contribution >= 0.6 is 33.9 Å². The summed E-state index contributed by atoms with van der Waals surface area (Å²) in [6, 6.07) is 4.20. The summed E-state index contributed by atoms with van der Waals surface area (Å²) in [4.78, 5) is 3.61. The van der Waals surface area contributed by atoms with Gasteiger partial charge in [0.1, 0.15) is 4.11 Å². The highest BCUT2D eigenvalue weighted by atomic mass is 127. The van der Waals surface area contributed by atoms with E-state index in [2.05, 4.69) is 57.3 Å². The number of nitrogens with zero attached hydrogens (tertiary/aromatic N) is 1. The van der Waals surface area contributed by atoms with E-state index in [1.165, 1.54) is 4.88 Å². The molecule has 1 unspecified atom stereocenters. The lowest BCUT2D eigenvalue weighted by molar-refractivity contribution is 0.0477. The molecule has 0 aliphatic carbocycles. The van der Waals surface area contributed by atoms with E-state index in [4.69, 9.17) is 4.74 Å². The van der Waals surface area contributed by atoms with Gasteiger partial charge >= 0.3 is 0 Å². The van der Waals surface area contributed by atoms with E-state index in [0.717, 1.165) is 19.7 Å². The minimum atomic E-state index is 0.328. The van der Waals surface area contributed by atoms with Gasteiger partial charge < -0.3 is 9.64 Å². The molecule has 0 N–H and O–H groups in total. The molecule has 4 heteroatoms.